The summed E-state index contributed by atoms with van der Waals surface area (Å²) in [5.41, 5.74) is 8.42. The number of halogens is 1. The molecule has 4 aromatic rings. The van der Waals surface area contributed by atoms with E-state index in [1.807, 2.05) is 31.2 Å². The maximum atomic E-state index is 12.8. The number of rotatable bonds is 2. The maximum Gasteiger partial charge on any atom is 0.258 e. The molecule has 3 aromatic heterocycles. The van der Waals surface area contributed by atoms with Crippen molar-refractivity contribution in [3.63, 3.8) is 0 Å². The van der Waals surface area contributed by atoms with E-state index in [0.29, 0.717) is 18.0 Å². The average Bonchev–Trinajstić information content (AvgIpc) is 2.89. The number of benzene rings is 1. The van der Waals surface area contributed by atoms with Crippen molar-refractivity contribution >= 4 is 50.2 Å². The molecule has 0 spiro atoms. The zero-order chi connectivity index (χ0) is 17.7. The van der Waals surface area contributed by atoms with Gasteiger partial charge in [0.1, 0.15) is 15.8 Å². The van der Waals surface area contributed by atoms with Crippen LogP contribution in [0.1, 0.15) is 11.3 Å². The zero-order valence-electron chi connectivity index (χ0n) is 13.7. The number of anilines is 1. The number of aryl methyl sites for hydroxylation is 1. The number of fused-ring (bicyclic) bond motifs is 2. The SMILES string of the molecule is Cc1cccc2cc(Cn3nc(I)c4c(N)ncnc43)n(C)c(=O)c12. The Morgan fingerprint density at radius 1 is 1.24 bits per heavy atom. The first-order chi connectivity index (χ1) is 12.0. The summed E-state index contributed by atoms with van der Waals surface area (Å²) in [5, 5.41) is 6.94. The van der Waals surface area contributed by atoms with Gasteiger partial charge in [0.25, 0.3) is 5.56 Å². The first-order valence-corrected chi connectivity index (χ1v) is 8.76. The van der Waals surface area contributed by atoms with Gasteiger partial charge in [0.2, 0.25) is 0 Å². The highest BCUT2D eigenvalue weighted by molar-refractivity contribution is 14.1. The summed E-state index contributed by atoms with van der Waals surface area (Å²) in [6, 6.07) is 7.89. The zero-order valence-corrected chi connectivity index (χ0v) is 15.9. The van der Waals surface area contributed by atoms with Gasteiger partial charge in [-0.1, -0.05) is 18.2 Å². The predicted octanol–water partition coefficient (Wildman–Crippen LogP) is 2.22. The molecule has 126 valence electrons. The number of nitrogens with two attached hydrogens (primary N) is 1. The molecule has 0 saturated carbocycles. The third-order valence-corrected chi connectivity index (χ3v) is 5.16. The number of nitrogen functional groups attached to an aromatic ring is 1. The molecule has 0 amide bonds. The topological polar surface area (TPSA) is 91.6 Å². The Kier molecular flexibility index (Phi) is 3.71. The average molecular weight is 446 g/mol. The molecule has 0 saturated heterocycles. The van der Waals surface area contributed by atoms with Crippen molar-refractivity contribution in [2.45, 2.75) is 13.5 Å². The van der Waals surface area contributed by atoms with E-state index in [4.69, 9.17) is 5.73 Å². The van der Waals surface area contributed by atoms with Crippen molar-refractivity contribution < 1.29 is 0 Å². The summed E-state index contributed by atoms with van der Waals surface area (Å²) in [6.07, 6.45) is 1.43. The van der Waals surface area contributed by atoms with Crippen LogP contribution in [0.3, 0.4) is 0 Å². The molecule has 1 aromatic carbocycles. The molecular weight excluding hydrogens is 431 g/mol. The summed E-state index contributed by atoms with van der Waals surface area (Å²) < 4.78 is 4.17. The molecule has 0 unspecified atom stereocenters. The van der Waals surface area contributed by atoms with Crippen LogP contribution in [0.2, 0.25) is 0 Å². The molecule has 8 heteroatoms. The highest BCUT2D eigenvalue weighted by atomic mass is 127. The van der Waals surface area contributed by atoms with Gasteiger partial charge >= 0.3 is 0 Å². The molecule has 2 N–H and O–H groups in total. The summed E-state index contributed by atoms with van der Waals surface area (Å²) in [6.45, 7) is 2.37. The molecule has 0 aliphatic carbocycles. The summed E-state index contributed by atoms with van der Waals surface area (Å²) >= 11 is 2.12. The van der Waals surface area contributed by atoms with Crippen molar-refractivity contribution in [1.82, 2.24) is 24.3 Å². The molecule has 0 fully saturated rings. The van der Waals surface area contributed by atoms with E-state index in [2.05, 4.69) is 37.7 Å². The van der Waals surface area contributed by atoms with Crippen LogP contribution in [0, 0.1) is 10.6 Å². The van der Waals surface area contributed by atoms with Crippen LogP contribution in [-0.4, -0.2) is 24.3 Å². The summed E-state index contributed by atoms with van der Waals surface area (Å²) in [5.74, 6) is 0.406. The Labute approximate surface area is 156 Å². The van der Waals surface area contributed by atoms with Gasteiger partial charge < -0.3 is 10.3 Å². The fraction of sp³-hybridized carbons (Fsp3) is 0.176. The fourth-order valence-corrected chi connectivity index (χ4v) is 3.86. The van der Waals surface area contributed by atoms with Crippen molar-refractivity contribution in [3.05, 3.63) is 55.9 Å². The lowest BCUT2D eigenvalue weighted by atomic mass is 10.1. The number of hydrogen-bond donors (Lipinski definition) is 1. The molecule has 0 aliphatic rings. The normalized spacial score (nSPS) is 11.5. The Morgan fingerprint density at radius 3 is 2.84 bits per heavy atom. The molecule has 25 heavy (non-hydrogen) atoms. The Bertz CT molecular complexity index is 1190. The van der Waals surface area contributed by atoms with E-state index >= 15 is 0 Å². The van der Waals surface area contributed by atoms with Crippen molar-refractivity contribution in [2.75, 3.05) is 5.73 Å². The molecule has 0 bridgehead atoms. The van der Waals surface area contributed by atoms with Crippen molar-refractivity contribution in [2.24, 2.45) is 7.05 Å². The molecule has 0 atom stereocenters. The minimum absolute atomic E-state index is 0.00843. The highest BCUT2D eigenvalue weighted by Gasteiger charge is 2.15. The molecule has 3 heterocycles. The van der Waals surface area contributed by atoms with E-state index in [1.165, 1.54) is 6.33 Å². The maximum absolute atomic E-state index is 12.8. The standard InChI is InChI=1S/C17H15IN6O/c1-9-4-3-5-10-6-11(23(2)17(25)12(9)10)7-24-16-13(14(18)22-24)15(19)20-8-21-16/h3-6,8H,7H2,1-2H3,(H2,19,20,21). The lowest BCUT2D eigenvalue weighted by Crippen LogP contribution is -2.23. The molecule has 4 rings (SSSR count). The van der Waals surface area contributed by atoms with Crippen LogP contribution >= 0.6 is 22.6 Å². The van der Waals surface area contributed by atoms with E-state index in [0.717, 1.165) is 31.1 Å². The van der Waals surface area contributed by atoms with Gasteiger partial charge in [-0.25, -0.2) is 14.6 Å². The van der Waals surface area contributed by atoms with Crippen LogP contribution in [0.15, 0.2) is 35.4 Å². The third kappa shape index (κ3) is 2.48. The van der Waals surface area contributed by atoms with E-state index in [-0.39, 0.29) is 5.56 Å². The second-order valence-electron chi connectivity index (χ2n) is 5.94. The molecule has 7 nitrogen and oxygen atoms in total. The Morgan fingerprint density at radius 2 is 2.04 bits per heavy atom. The van der Waals surface area contributed by atoms with Crippen LogP contribution < -0.4 is 11.3 Å². The Balaban J connectivity index is 1.92. The second kappa shape index (κ2) is 5.80. The predicted molar refractivity (Wildman–Crippen MR) is 105 cm³/mol. The fourth-order valence-electron chi connectivity index (χ4n) is 3.08. The summed E-state index contributed by atoms with van der Waals surface area (Å²) in [4.78, 5) is 21.1. The smallest absolute Gasteiger partial charge is 0.258 e. The Hall–Kier alpha value is -2.49. The molecular formula is C17H15IN6O. The van der Waals surface area contributed by atoms with Crippen LogP contribution in [0.25, 0.3) is 21.8 Å². The lowest BCUT2D eigenvalue weighted by molar-refractivity contribution is 0.646. The van der Waals surface area contributed by atoms with Gasteiger partial charge in [-0.2, -0.15) is 5.10 Å². The third-order valence-electron chi connectivity index (χ3n) is 4.40. The monoisotopic (exact) mass is 446 g/mol. The van der Waals surface area contributed by atoms with E-state index < -0.39 is 0 Å². The molecule has 0 radical (unpaired) electrons. The van der Waals surface area contributed by atoms with Gasteiger partial charge in [-0.3, -0.25) is 4.79 Å². The number of aromatic nitrogens is 5. The minimum Gasteiger partial charge on any atom is -0.383 e. The first kappa shape index (κ1) is 16.0. The van der Waals surface area contributed by atoms with Gasteiger partial charge in [-0.15, -0.1) is 0 Å². The van der Waals surface area contributed by atoms with Crippen LogP contribution in [0.4, 0.5) is 5.82 Å². The van der Waals surface area contributed by atoms with Crippen LogP contribution in [-0.2, 0) is 13.6 Å². The lowest BCUT2D eigenvalue weighted by Gasteiger charge is -2.12. The van der Waals surface area contributed by atoms with Gasteiger partial charge in [0.05, 0.1) is 17.3 Å². The van der Waals surface area contributed by atoms with E-state index in [1.54, 1.807) is 16.3 Å². The van der Waals surface area contributed by atoms with Gasteiger partial charge in [0, 0.05) is 12.7 Å². The second-order valence-corrected chi connectivity index (χ2v) is 6.97. The first-order valence-electron chi connectivity index (χ1n) is 7.68. The number of pyridine rings is 1. The quantitative estimate of drug-likeness (QED) is 0.477. The highest BCUT2D eigenvalue weighted by Crippen LogP contribution is 2.23. The largest absolute Gasteiger partial charge is 0.383 e. The number of hydrogen-bond acceptors (Lipinski definition) is 5. The van der Waals surface area contributed by atoms with Crippen molar-refractivity contribution in [3.8, 4) is 0 Å². The van der Waals surface area contributed by atoms with Gasteiger partial charge in [-0.05, 0) is 46.5 Å². The van der Waals surface area contributed by atoms with Gasteiger partial charge in [0.15, 0.2) is 5.65 Å². The van der Waals surface area contributed by atoms with Crippen LogP contribution in [0.5, 0.6) is 0 Å². The number of nitrogens with zero attached hydrogens (tertiary/aromatic N) is 5. The molecule has 0 aliphatic heterocycles. The van der Waals surface area contributed by atoms with E-state index in [9.17, 15) is 4.79 Å². The van der Waals surface area contributed by atoms with Crippen molar-refractivity contribution in [1.29, 1.82) is 0 Å². The summed E-state index contributed by atoms with van der Waals surface area (Å²) in [7, 11) is 1.78. The minimum atomic E-state index is -0.00843.